The van der Waals surface area contributed by atoms with Gasteiger partial charge in [0.15, 0.2) is 0 Å². The average molecular weight is 252 g/mol. The van der Waals surface area contributed by atoms with Gasteiger partial charge in [0.2, 0.25) is 0 Å². The third-order valence-electron chi connectivity index (χ3n) is 2.24. The second kappa shape index (κ2) is 5.68. The van der Waals surface area contributed by atoms with E-state index >= 15 is 0 Å². The van der Waals surface area contributed by atoms with E-state index in [-0.39, 0.29) is 0 Å². The Labute approximate surface area is 105 Å². The van der Waals surface area contributed by atoms with Crippen LogP contribution in [-0.2, 0) is 13.0 Å². The van der Waals surface area contributed by atoms with Gasteiger partial charge in [0.25, 0.3) is 0 Å². The summed E-state index contributed by atoms with van der Waals surface area (Å²) in [5.74, 6) is 2.35. The molecule has 0 unspecified atom stereocenters. The van der Waals surface area contributed by atoms with Crippen molar-refractivity contribution in [1.29, 1.82) is 0 Å². The molecule has 0 fully saturated rings. The lowest BCUT2D eigenvalue weighted by atomic mass is 10.3. The summed E-state index contributed by atoms with van der Waals surface area (Å²) in [5, 5.41) is 3.62. The molecule has 90 valence electrons. The van der Waals surface area contributed by atoms with Crippen molar-refractivity contribution in [3.8, 4) is 0 Å². The molecular weight excluding hydrogens is 238 g/mol. The topological polar surface area (TPSA) is 51.0 Å². The third kappa shape index (κ3) is 3.46. The number of anilines is 1. The molecular formula is C12H14ClN3O. The lowest BCUT2D eigenvalue weighted by Crippen LogP contribution is -2.04. The minimum Gasteiger partial charge on any atom is -0.467 e. The molecule has 0 aliphatic rings. The van der Waals surface area contributed by atoms with Crippen LogP contribution in [0.3, 0.4) is 0 Å². The summed E-state index contributed by atoms with van der Waals surface area (Å²) in [6, 6.07) is 5.47. The Morgan fingerprint density at radius 2 is 2.29 bits per heavy atom. The number of furan rings is 1. The van der Waals surface area contributed by atoms with E-state index in [1.165, 1.54) is 0 Å². The predicted octanol–water partition coefficient (Wildman–Crippen LogP) is 3.29. The van der Waals surface area contributed by atoms with Crippen molar-refractivity contribution in [3.05, 3.63) is 41.2 Å². The molecule has 2 heterocycles. The van der Waals surface area contributed by atoms with E-state index in [9.17, 15) is 0 Å². The van der Waals surface area contributed by atoms with Crippen molar-refractivity contribution in [3.63, 3.8) is 0 Å². The molecule has 0 spiro atoms. The summed E-state index contributed by atoms with van der Waals surface area (Å²) in [5.41, 5.74) is 0. The van der Waals surface area contributed by atoms with Gasteiger partial charge in [-0.05, 0) is 18.6 Å². The molecule has 0 saturated carbocycles. The van der Waals surface area contributed by atoms with E-state index in [1.807, 2.05) is 12.1 Å². The van der Waals surface area contributed by atoms with Crippen LogP contribution >= 0.6 is 11.6 Å². The van der Waals surface area contributed by atoms with Gasteiger partial charge in [-0.1, -0.05) is 18.5 Å². The van der Waals surface area contributed by atoms with E-state index in [0.29, 0.717) is 11.7 Å². The summed E-state index contributed by atoms with van der Waals surface area (Å²) >= 11 is 5.93. The van der Waals surface area contributed by atoms with Gasteiger partial charge in [0.05, 0.1) is 12.8 Å². The Kier molecular flexibility index (Phi) is 3.98. The maximum absolute atomic E-state index is 5.93. The molecule has 17 heavy (non-hydrogen) atoms. The first-order valence-corrected chi connectivity index (χ1v) is 5.95. The lowest BCUT2D eigenvalue weighted by Gasteiger charge is -2.06. The molecule has 0 atom stereocenters. The van der Waals surface area contributed by atoms with Gasteiger partial charge in [-0.15, -0.1) is 0 Å². The molecule has 2 aromatic heterocycles. The van der Waals surface area contributed by atoms with Gasteiger partial charge >= 0.3 is 0 Å². The van der Waals surface area contributed by atoms with Crippen molar-refractivity contribution in [2.75, 3.05) is 5.32 Å². The van der Waals surface area contributed by atoms with Crippen molar-refractivity contribution in [2.24, 2.45) is 0 Å². The highest BCUT2D eigenvalue weighted by molar-refractivity contribution is 6.29. The molecule has 0 aliphatic heterocycles. The van der Waals surface area contributed by atoms with E-state index in [2.05, 4.69) is 22.2 Å². The number of hydrogen-bond acceptors (Lipinski definition) is 4. The number of aryl methyl sites for hydroxylation is 1. The maximum atomic E-state index is 5.93. The Bertz CT molecular complexity index is 471. The number of aromatic nitrogens is 2. The Morgan fingerprint density at radius 1 is 1.41 bits per heavy atom. The second-order valence-corrected chi connectivity index (χ2v) is 4.06. The van der Waals surface area contributed by atoms with Crippen molar-refractivity contribution in [1.82, 2.24) is 9.97 Å². The fourth-order valence-electron chi connectivity index (χ4n) is 1.48. The number of halogens is 1. The molecule has 0 aromatic carbocycles. The zero-order valence-corrected chi connectivity index (χ0v) is 10.4. The summed E-state index contributed by atoms with van der Waals surface area (Å²) in [6.07, 6.45) is 3.47. The average Bonchev–Trinajstić information content (AvgIpc) is 2.79. The zero-order valence-electron chi connectivity index (χ0n) is 9.61. The first kappa shape index (κ1) is 11.9. The fourth-order valence-corrected chi connectivity index (χ4v) is 1.68. The Morgan fingerprint density at radius 3 is 3.00 bits per heavy atom. The van der Waals surface area contributed by atoms with E-state index in [4.69, 9.17) is 16.0 Å². The van der Waals surface area contributed by atoms with Gasteiger partial charge in [0.1, 0.15) is 22.6 Å². The first-order valence-electron chi connectivity index (χ1n) is 5.57. The van der Waals surface area contributed by atoms with Gasteiger partial charge in [-0.2, -0.15) is 0 Å². The molecule has 1 N–H and O–H groups in total. The largest absolute Gasteiger partial charge is 0.467 e. The van der Waals surface area contributed by atoms with E-state index in [1.54, 1.807) is 12.3 Å². The summed E-state index contributed by atoms with van der Waals surface area (Å²) < 4.78 is 5.22. The molecule has 0 bridgehead atoms. The van der Waals surface area contributed by atoms with Crippen LogP contribution < -0.4 is 5.32 Å². The normalized spacial score (nSPS) is 10.5. The highest BCUT2D eigenvalue weighted by Gasteiger charge is 2.03. The molecule has 0 amide bonds. The first-order chi connectivity index (χ1) is 8.28. The van der Waals surface area contributed by atoms with Crippen molar-refractivity contribution < 1.29 is 4.42 Å². The summed E-state index contributed by atoms with van der Waals surface area (Å²) in [4.78, 5) is 8.53. The fraction of sp³-hybridized carbons (Fsp3) is 0.333. The standard InChI is InChI=1S/C12H14ClN3O/c1-2-4-11-15-10(13)7-12(16-11)14-8-9-5-3-6-17-9/h3,5-7H,2,4,8H2,1H3,(H,14,15,16). The molecule has 4 nitrogen and oxygen atoms in total. The zero-order chi connectivity index (χ0) is 12.1. The highest BCUT2D eigenvalue weighted by Crippen LogP contribution is 2.13. The van der Waals surface area contributed by atoms with Crippen molar-refractivity contribution in [2.45, 2.75) is 26.3 Å². The van der Waals surface area contributed by atoms with E-state index in [0.717, 1.165) is 30.2 Å². The van der Waals surface area contributed by atoms with E-state index < -0.39 is 0 Å². The minimum absolute atomic E-state index is 0.463. The van der Waals surface area contributed by atoms with Gasteiger partial charge < -0.3 is 9.73 Å². The van der Waals surface area contributed by atoms with Gasteiger partial charge in [-0.25, -0.2) is 9.97 Å². The second-order valence-electron chi connectivity index (χ2n) is 3.68. The lowest BCUT2D eigenvalue weighted by molar-refractivity contribution is 0.517. The summed E-state index contributed by atoms with van der Waals surface area (Å²) in [7, 11) is 0. The van der Waals surface area contributed by atoms with Gasteiger partial charge in [0, 0.05) is 12.5 Å². The van der Waals surface area contributed by atoms with Crippen LogP contribution in [0.5, 0.6) is 0 Å². The number of rotatable bonds is 5. The maximum Gasteiger partial charge on any atom is 0.134 e. The van der Waals surface area contributed by atoms with Crippen LogP contribution in [0, 0.1) is 0 Å². The van der Waals surface area contributed by atoms with Crippen LogP contribution in [-0.4, -0.2) is 9.97 Å². The SMILES string of the molecule is CCCc1nc(Cl)cc(NCc2ccco2)n1. The minimum atomic E-state index is 0.463. The predicted molar refractivity (Wildman–Crippen MR) is 67.1 cm³/mol. The molecule has 0 aliphatic carbocycles. The van der Waals surface area contributed by atoms with Crippen LogP contribution in [0.4, 0.5) is 5.82 Å². The monoisotopic (exact) mass is 251 g/mol. The number of nitrogens with one attached hydrogen (secondary N) is 1. The third-order valence-corrected chi connectivity index (χ3v) is 2.43. The quantitative estimate of drug-likeness (QED) is 0.829. The molecule has 2 rings (SSSR count). The summed E-state index contributed by atoms with van der Waals surface area (Å²) in [6.45, 7) is 2.67. The molecule has 5 heteroatoms. The van der Waals surface area contributed by atoms with Crippen LogP contribution in [0.15, 0.2) is 28.9 Å². The van der Waals surface area contributed by atoms with Crippen LogP contribution in [0.2, 0.25) is 5.15 Å². The highest BCUT2D eigenvalue weighted by atomic mass is 35.5. The van der Waals surface area contributed by atoms with Crippen LogP contribution in [0.25, 0.3) is 0 Å². The van der Waals surface area contributed by atoms with Crippen molar-refractivity contribution >= 4 is 17.4 Å². The molecule has 0 saturated heterocycles. The molecule has 0 radical (unpaired) electrons. The Balaban J connectivity index is 2.04. The number of hydrogen-bond donors (Lipinski definition) is 1. The smallest absolute Gasteiger partial charge is 0.134 e. The van der Waals surface area contributed by atoms with Crippen LogP contribution in [0.1, 0.15) is 24.9 Å². The van der Waals surface area contributed by atoms with Gasteiger partial charge in [-0.3, -0.25) is 0 Å². The Hall–Kier alpha value is -1.55. The number of nitrogens with zero attached hydrogens (tertiary/aromatic N) is 2. The molecule has 2 aromatic rings.